The van der Waals surface area contributed by atoms with E-state index in [1.807, 2.05) is 6.92 Å². The van der Waals surface area contributed by atoms with E-state index >= 15 is 0 Å². The van der Waals surface area contributed by atoms with Crippen LogP contribution < -0.4 is 0 Å². The number of amides is 1. The third-order valence-corrected chi connectivity index (χ3v) is 2.62. The average molecular weight is 229 g/mol. The number of likely N-dealkylation sites (N-methyl/N-ethyl adjacent to an activating group) is 1. The Labute approximate surface area is 97.6 Å². The molecular formula is C12H23NO3. The van der Waals surface area contributed by atoms with Gasteiger partial charge in [-0.05, 0) is 5.92 Å². The lowest BCUT2D eigenvalue weighted by Crippen LogP contribution is -2.32. The molecule has 4 heteroatoms. The first-order valence-electron chi connectivity index (χ1n) is 5.93. The van der Waals surface area contributed by atoms with Gasteiger partial charge in [-0.15, -0.1) is 0 Å². The Balaban J connectivity index is 3.80. The van der Waals surface area contributed by atoms with Gasteiger partial charge in [0.15, 0.2) is 0 Å². The number of hydrogen-bond donors (Lipinski definition) is 1. The second kappa shape index (κ2) is 8.13. The second-order valence-corrected chi connectivity index (χ2v) is 4.45. The molecule has 1 amide bonds. The summed E-state index contributed by atoms with van der Waals surface area (Å²) in [5.74, 6) is -0.698. The van der Waals surface area contributed by atoms with Crippen LogP contribution in [0.25, 0.3) is 0 Å². The molecule has 0 radical (unpaired) electrons. The van der Waals surface area contributed by atoms with Crippen molar-refractivity contribution in [3.63, 3.8) is 0 Å². The van der Waals surface area contributed by atoms with E-state index in [2.05, 4.69) is 6.92 Å². The van der Waals surface area contributed by atoms with Crippen LogP contribution in [0.5, 0.6) is 0 Å². The van der Waals surface area contributed by atoms with Crippen LogP contribution in [0.4, 0.5) is 0 Å². The van der Waals surface area contributed by atoms with Gasteiger partial charge in [-0.3, -0.25) is 9.59 Å². The van der Waals surface area contributed by atoms with E-state index in [9.17, 15) is 9.59 Å². The van der Waals surface area contributed by atoms with Gasteiger partial charge in [-0.25, -0.2) is 0 Å². The number of carboxylic acids is 1. The number of nitrogens with zero attached hydrogens (tertiary/aromatic N) is 1. The Bertz CT molecular complexity index is 228. The Morgan fingerprint density at radius 3 is 2.44 bits per heavy atom. The quantitative estimate of drug-likeness (QED) is 0.649. The van der Waals surface area contributed by atoms with Crippen LogP contribution in [0.1, 0.15) is 46.0 Å². The van der Waals surface area contributed by atoms with Gasteiger partial charge in [-0.1, -0.05) is 39.5 Å². The summed E-state index contributed by atoms with van der Waals surface area (Å²) >= 11 is 0. The second-order valence-electron chi connectivity index (χ2n) is 4.45. The summed E-state index contributed by atoms with van der Waals surface area (Å²) < 4.78 is 0. The first kappa shape index (κ1) is 14.9. The van der Waals surface area contributed by atoms with Gasteiger partial charge >= 0.3 is 5.97 Å². The maximum absolute atomic E-state index is 11.6. The standard InChI is InChI=1S/C12H23NO3/c1-4-5-6-7-10(2)8-11(14)13(3)9-12(15)16/h10H,4-9H2,1-3H3,(H,15,16). The van der Waals surface area contributed by atoms with Crippen molar-refractivity contribution in [3.05, 3.63) is 0 Å². The zero-order valence-electron chi connectivity index (χ0n) is 10.5. The van der Waals surface area contributed by atoms with E-state index in [-0.39, 0.29) is 12.5 Å². The number of carboxylic acid groups (broad SMARTS) is 1. The van der Waals surface area contributed by atoms with Gasteiger partial charge in [0.2, 0.25) is 5.91 Å². The molecule has 0 bridgehead atoms. The fraction of sp³-hybridized carbons (Fsp3) is 0.833. The molecule has 0 saturated carbocycles. The zero-order chi connectivity index (χ0) is 12.6. The van der Waals surface area contributed by atoms with Crippen molar-refractivity contribution >= 4 is 11.9 Å². The van der Waals surface area contributed by atoms with Crippen molar-refractivity contribution in [3.8, 4) is 0 Å². The molecule has 16 heavy (non-hydrogen) atoms. The van der Waals surface area contributed by atoms with Crippen LogP contribution in [0.3, 0.4) is 0 Å². The molecule has 4 nitrogen and oxygen atoms in total. The van der Waals surface area contributed by atoms with Crippen LogP contribution in [0.15, 0.2) is 0 Å². The normalized spacial score (nSPS) is 12.2. The number of hydrogen-bond acceptors (Lipinski definition) is 2. The van der Waals surface area contributed by atoms with Gasteiger partial charge in [0.05, 0.1) is 0 Å². The van der Waals surface area contributed by atoms with Crippen LogP contribution in [0.2, 0.25) is 0 Å². The predicted molar refractivity (Wildman–Crippen MR) is 63.2 cm³/mol. The van der Waals surface area contributed by atoms with Crippen molar-refractivity contribution < 1.29 is 14.7 Å². The number of unbranched alkanes of at least 4 members (excludes halogenated alkanes) is 2. The van der Waals surface area contributed by atoms with E-state index in [0.29, 0.717) is 12.3 Å². The summed E-state index contributed by atoms with van der Waals surface area (Å²) in [5, 5.41) is 8.55. The van der Waals surface area contributed by atoms with Crippen molar-refractivity contribution in [1.82, 2.24) is 4.90 Å². The minimum absolute atomic E-state index is 0.0774. The van der Waals surface area contributed by atoms with Crippen molar-refractivity contribution in [1.29, 1.82) is 0 Å². The van der Waals surface area contributed by atoms with Crippen LogP contribution >= 0.6 is 0 Å². The summed E-state index contributed by atoms with van der Waals surface area (Å²) in [5.41, 5.74) is 0. The first-order chi connectivity index (χ1) is 7.47. The molecule has 0 aliphatic carbocycles. The SMILES string of the molecule is CCCCCC(C)CC(=O)N(C)CC(=O)O. The van der Waals surface area contributed by atoms with Gasteiger partial charge in [0.1, 0.15) is 6.54 Å². The van der Waals surface area contributed by atoms with Gasteiger partial charge in [-0.2, -0.15) is 0 Å². The van der Waals surface area contributed by atoms with E-state index < -0.39 is 5.97 Å². The molecule has 1 N–H and O–H groups in total. The Hall–Kier alpha value is -1.06. The highest BCUT2D eigenvalue weighted by molar-refractivity contribution is 5.81. The Morgan fingerprint density at radius 1 is 1.31 bits per heavy atom. The fourth-order valence-electron chi connectivity index (χ4n) is 1.59. The molecule has 0 aliphatic heterocycles. The lowest BCUT2D eigenvalue weighted by molar-refractivity contribution is -0.143. The minimum atomic E-state index is -0.963. The molecule has 94 valence electrons. The summed E-state index contributed by atoms with van der Waals surface area (Å²) in [6.45, 7) is 3.99. The lowest BCUT2D eigenvalue weighted by Gasteiger charge is -2.17. The topological polar surface area (TPSA) is 57.6 Å². The summed E-state index contributed by atoms with van der Waals surface area (Å²) in [6, 6.07) is 0. The minimum Gasteiger partial charge on any atom is -0.480 e. The molecular weight excluding hydrogens is 206 g/mol. The first-order valence-corrected chi connectivity index (χ1v) is 5.93. The molecule has 0 aromatic carbocycles. The Morgan fingerprint density at radius 2 is 1.94 bits per heavy atom. The van der Waals surface area contributed by atoms with Crippen LogP contribution in [-0.2, 0) is 9.59 Å². The molecule has 0 aromatic rings. The molecule has 1 unspecified atom stereocenters. The fourth-order valence-corrected chi connectivity index (χ4v) is 1.59. The van der Waals surface area contributed by atoms with Gasteiger partial charge in [0.25, 0.3) is 0 Å². The molecule has 1 atom stereocenters. The summed E-state index contributed by atoms with van der Waals surface area (Å²) in [4.78, 5) is 23.3. The molecule has 0 fully saturated rings. The van der Waals surface area contributed by atoms with E-state index in [0.717, 1.165) is 12.8 Å². The highest BCUT2D eigenvalue weighted by Crippen LogP contribution is 2.13. The molecule has 0 aromatic heterocycles. The maximum Gasteiger partial charge on any atom is 0.323 e. The lowest BCUT2D eigenvalue weighted by atomic mass is 9.99. The maximum atomic E-state index is 11.6. The highest BCUT2D eigenvalue weighted by atomic mass is 16.4. The predicted octanol–water partition coefficient (Wildman–Crippen LogP) is 2.14. The number of rotatable bonds is 8. The van der Waals surface area contributed by atoms with E-state index in [1.54, 1.807) is 0 Å². The monoisotopic (exact) mass is 229 g/mol. The third kappa shape index (κ3) is 7.26. The largest absolute Gasteiger partial charge is 0.480 e. The van der Waals surface area contributed by atoms with Crippen molar-refractivity contribution in [2.24, 2.45) is 5.92 Å². The third-order valence-electron chi connectivity index (χ3n) is 2.62. The van der Waals surface area contributed by atoms with E-state index in [4.69, 9.17) is 5.11 Å². The van der Waals surface area contributed by atoms with Gasteiger partial charge < -0.3 is 10.0 Å². The molecule has 0 saturated heterocycles. The summed E-state index contributed by atoms with van der Waals surface area (Å²) in [7, 11) is 1.54. The van der Waals surface area contributed by atoms with Crippen LogP contribution in [-0.4, -0.2) is 35.5 Å². The highest BCUT2D eigenvalue weighted by Gasteiger charge is 2.15. The Kier molecular flexibility index (Phi) is 7.60. The molecule has 0 spiro atoms. The van der Waals surface area contributed by atoms with Crippen molar-refractivity contribution in [2.75, 3.05) is 13.6 Å². The smallest absolute Gasteiger partial charge is 0.323 e. The molecule has 0 rings (SSSR count). The molecule has 0 heterocycles. The molecule has 0 aliphatic rings. The average Bonchev–Trinajstić information content (AvgIpc) is 2.16. The summed E-state index contributed by atoms with van der Waals surface area (Å²) in [6.07, 6.45) is 5.02. The van der Waals surface area contributed by atoms with Crippen LogP contribution in [0, 0.1) is 5.92 Å². The van der Waals surface area contributed by atoms with E-state index in [1.165, 1.54) is 24.8 Å². The number of carbonyl (C=O) groups is 2. The zero-order valence-corrected chi connectivity index (χ0v) is 10.5. The van der Waals surface area contributed by atoms with Gasteiger partial charge in [0, 0.05) is 13.5 Å². The number of aliphatic carboxylic acids is 1. The number of carbonyl (C=O) groups excluding carboxylic acids is 1. The van der Waals surface area contributed by atoms with Crippen molar-refractivity contribution in [2.45, 2.75) is 46.0 Å².